The van der Waals surface area contributed by atoms with Crippen molar-refractivity contribution in [3.63, 3.8) is 0 Å². The van der Waals surface area contributed by atoms with Crippen molar-refractivity contribution in [1.82, 2.24) is 31.9 Å². The summed E-state index contributed by atoms with van der Waals surface area (Å²) in [4.78, 5) is 118. The van der Waals surface area contributed by atoms with Gasteiger partial charge < -0.3 is 112 Å². The van der Waals surface area contributed by atoms with Gasteiger partial charge in [-0.05, 0) is 84.0 Å². The number of aliphatic imine (C=N–C) groups is 6. The van der Waals surface area contributed by atoms with Gasteiger partial charge in [0.1, 0.15) is 36.3 Å². The van der Waals surface area contributed by atoms with Gasteiger partial charge in [-0.1, -0.05) is 0 Å². The van der Waals surface area contributed by atoms with Gasteiger partial charge in [-0.3, -0.25) is 58.7 Å². The molecule has 0 unspecified atom stereocenters. The molecule has 33 nitrogen and oxygen atoms in total. The Bertz CT molecular complexity index is 1920. The van der Waals surface area contributed by atoms with E-state index in [1.165, 1.54) is 6.92 Å². The number of nitrogens with one attached hydrogen (secondary N) is 6. The van der Waals surface area contributed by atoms with E-state index in [-0.39, 0.29) is 146 Å². The van der Waals surface area contributed by atoms with E-state index in [0.29, 0.717) is 6.42 Å². The molecule has 33 N–H and O–H groups in total. The number of nitrogens with two attached hydrogens (primary N) is 13. The molecule has 0 aromatic rings. The molecule has 0 aliphatic heterocycles. The maximum absolute atomic E-state index is 14.0. The van der Waals surface area contributed by atoms with Crippen molar-refractivity contribution in [1.29, 1.82) is 0 Å². The van der Waals surface area contributed by atoms with Gasteiger partial charge in [-0.2, -0.15) is 0 Å². The zero-order chi connectivity index (χ0) is 54.8. The minimum absolute atomic E-state index is 0.00246. The number of carbonyl (C=O) groups is 7. The van der Waals surface area contributed by atoms with E-state index in [4.69, 9.17) is 74.5 Å². The maximum Gasteiger partial charge on any atom is 0.326 e. The molecule has 0 rings (SSSR count). The second-order valence-electron chi connectivity index (χ2n) is 16.2. The van der Waals surface area contributed by atoms with Gasteiger partial charge in [0.2, 0.25) is 35.4 Å². The largest absolute Gasteiger partial charge is 0.480 e. The van der Waals surface area contributed by atoms with Crippen LogP contribution in [-0.2, 0) is 33.6 Å². The molecular formula is C39H79N25O8. The fourth-order valence-electron chi connectivity index (χ4n) is 6.27. The minimum Gasteiger partial charge on any atom is -0.480 e. The lowest BCUT2D eigenvalue weighted by atomic mass is 10.0. The highest BCUT2D eigenvalue weighted by Crippen LogP contribution is 2.09. The predicted octanol–water partition coefficient (Wildman–Crippen LogP) is -9.35. The van der Waals surface area contributed by atoms with Crippen LogP contribution in [0.2, 0.25) is 0 Å². The quantitative estimate of drug-likeness (QED) is 0.0156. The van der Waals surface area contributed by atoms with Crippen LogP contribution in [0.4, 0.5) is 0 Å². The topological polar surface area (TPSA) is 624 Å². The van der Waals surface area contributed by atoms with Crippen LogP contribution in [0.3, 0.4) is 0 Å². The molecule has 0 aromatic carbocycles. The summed E-state index contributed by atoms with van der Waals surface area (Å²) in [6, 6.07) is -9.17. The normalized spacial score (nSPS) is 13.5. The molecule has 0 aliphatic rings. The van der Waals surface area contributed by atoms with Crippen LogP contribution in [0.1, 0.15) is 84.0 Å². The number of carboxylic acid groups (broad SMARTS) is 1. The van der Waals surface area contributed by atoms with E-state index in [1.807, 2.05) is 0 Å². The molecule has 0 aromatic heterocycles. The minimum atomic E-state index is -1.40. The Balaban J connectivity index is 6.59. The van der Waals surface area contributed by atoms with Crippen LogP contribution in [0.15, 0.2) is 30.0 Å². The van der Waals surface area contributed by atoms with Gasteiger partial charge in [0.05, 0.1) is 6.04 Å². The Hall–Kier alpha value is -8.13. The number of amides is 6. The number of hydrogen-bond donors (Lipinski definition) is 20. The molecule has 72 heavy (non-hydrogen) atoms. The smallest absolute Gasteiger partial charge is 0.326 e. The van der Waals surface area contributed by atoms with Crippen LogP contribution < -0.4 is 106 Å². The van der Waals surface area contributed by atoms with Crippen LogP contribution in [0.5, 0.6) is 0 Å². The van der Waals surface area contributed by atoms with E-state index >= 15 is 0 Å². The summed E-state index contributed by atoms with van der Waals surface area (Å²) in [5.74, 6) is -7.55. The molecular weight excluding hydrogens is 947 g/mol. The molecule has 0 bridgehead atoms. The fourth-order valence-corrected chi connectivity index (χ4v) is 6.27. The molecule has 0 saturated carbocycles. The van der Waals surface area contributed by atoms with Gasteiger partial charge in [0, 0.05) is 39.3 Å². The molecule has 408 valence electrons. The molecule has 0 radical (unpaired) electrons. The third-order valence-electron chi connectivity index (χ3n) is 9.93. The van der Waals surface area contributed by atoms with Gasteiger partial charge in [0.25, 0.3) is 0 Å². The van der Waals surface area contributed by atoms with Crippen molar-refractivity contribution in [2.24, 2.45) is 104 Å². The lowest BCUT2D eigenvalue weighted by molar-refractivity contribution is -0.142. The van der Waals surface area contributed by atoms with Crippen LogP contribution in [0, 0.1) is 0 Å². The van der Waals surface area contributed by atoms with Crippen molar-refractivity contribution in [2.75, 3.05) is 39.3 Å². The first kappa shape index (κ1) is 63.9. The van der Waals surface area contributed by atoms with Crippen molar-refractivity contribution in [3.05, 3.63) is 0 Å². The Morgan fingerprint density at radius 1 is 0.347 bits per heavy atom. The molecule has 0 spiro atoms. The molecule has 33 heteroatoms. The van der Waals surface area contributed by atoms with E-state index in [0.717, 1.165) is 0 Å². The number of carboxylic acids is 1. The number of rotatable bonds is 37. The highest BCUT2D eigenvalue weighted by molar-refractivity contribution is 5.97. The van der Waals surface area contributed by atoms with Gasteiger partial charge in [0.15, 0.2) is 35.8 Å². The third kappa shape index (κ3) is 31.1. The summed E-state index contributed by atoms with van der Waals surface area (Å²) in [5, 5.41) is 25.1. The molecule has 7 atom stereocenters. The Labute approximate surface area is 417 Å². The average Bonchev–Trinajstić information content (AvgIpc) is 3.28. The first-order chi connectivity index (χ1) is 33.8. The number of aliphatic carboxylic acids is 1. The molecule has 0 aliphatic carbocycles. The Kier molecular flexibility index (Phi) is 31.9. The Morgan fingerprint density at radius 2 is 0.569 bits per heavy atom. The molecule has 6 amide bonds. The lowest BCUT2D eigenvalue weighted by Gasteiger charge is -2.27. The summed E-state index contributed by atoms with van der Waals surface area (Å²) in [5.41, 5.74) is 71.1. The Morgan fingerprint density at radius 3 is 0.847 bits per heavy atom. The second-order valence-corrected chi connectivity index (χ2v) is 16.2. The number of hydrogen-bond acceptors (Lipinski definition) is 14. The lowest BCUT2D eigenvalue weighted by Crippen LogP contribution is -2.59. The molecule has 0 heterocycles. The SMILES string of the molecule is C[C@H](NC(=O)[C@H](CCCN=C(N)N)NC(=O)[C@H](CCCN=C(N)N)NC(=O)[C@@H](N)CCCN=C(N)N)C(=O)N[C@@H](CCCN=C(N)N)C(=O)N[C@@H](CCCN=C(N)N)C(=O)N[C@@H](CCCN=C(N)N)C(=O)O. The van der Waals surface area contributed by atoms with Crippen molar-refractivity contribution in [2.45, 2.75) is 126 Å². The van der Waals surface area contributed by atoms with E-state index in [9.17, 15) is 38.7 Å². The zero-order valence-corrected chi connectivity index (χ0v) is 40.8. The first-order valence-electron chi connectivity index (χ1n) is 23.0. The number of guanidine groups is 6. The summed E-state index contributed by atoms with van der Waals surface area (Å²) in [6.07, 6.45) is 1.01. The summed E-state index contributed by atoms with van der Waals surface area (Å²) in [6.45, 7) is 1.80. The molecule has 0 fully saturated rings. The standard InChI is InChI=1S/C39H79N25O8/c1-20(59-29(67)22(9-3-15-54-35(43)44)62-31(69)24(11-5-17-56-37(47)48)61-28(66)21(40)8-2-14-53-34(41)42)27(65)60-23(10-4-16-55-36(45)46)30(68)63-25(12-6-18-57-38(49)50)32(70)64-26(33(71)72)13-7-19-58-39(51)52/h20-26H,2-19,40H2,1H3,(H,59,67)(H,60,65)(H,61,66)(H,62,69)(H,63,68)(H,64,70)(H,71,72)(H4,41,42,53)(H4,43,44,54)(H4,45,46,55)(H4,47,48,56)(H4,49,50,57)(H4,51,52,58)/t20-,21-,22-,23-,24-,25-,26-/m0/s1. The highest BCUT2D eigenvalue weighted by Gasteiger charge is 2.32. The monoisotopic (exact) mass is 1030 g/mol. The molecule has 0 saturated heterocycles. The first-order valence-corrected chi connectivity index (χ1v) is 23.0. The fraction of sp³-hybridized carbons (Fsp3) is 0.667. The van der Waals surface area contributed by atoms with Gasteiger partial charge >= 0.3 is 5.97 Å². The average molecular weight is 1030 g/mol. The predicted molar refractivity (Wildman–Crippen MR) is 272 cm³/mol. The second kappa shape index (κ2) is 35.9. The van der Waals surface area contributed by atoms with Crippen LogP contribution in [-0.4, -0.2) is 164 Å². The van der Waals surface area contributed by atoms with Gasteiger partial charge in [-0.25, -0.2) is 4.79 Å². The van der Waals surface area contributed by atoms with Crippen LogP contribution in [0.25, 0.3) is 0 Å². The number of carbonyl (C=O) groups excluding carboxylic acids is 6. The van der Waals surface area contributed by atoms with E-state index in [2.05, 4.69) is 61.9 Å². The third-order valence-corrected chi connectivity index (χ3v) is 9.93. The van der Waals surface area contributed by atoms with Crippen molar-refractivity contribution < 1.29 is 38.7 Å². The van der Waals surface area contributed by atoms with E-state index < -0.39 is 83.7 Å². The summed E-state index contributed by atoms with van der Waals surface area (Å²) in [7, 11) is 0. The van der Waals surface area contributed by atoms with Crippen LogP contribution >= 0.6 is 0 Å². The maximum atomic E-state index is 14.0. The highest BCUT2D eigenvalue weighted by atomic mass is 16.4. The van der Waals surface area contributed by atoms with E-state index in [1.54, 1.807) is 0 Å². The van der Waals surface area contributed by atoms with Crippen molar-refractivity contribution >= 4 is 77.2 Å². The van der Waals surface area contributed by atoms with Crippen molar-refractivity contribution in [3.8, 4) is 0 Å². The van der Waals surface area contributed by atoms with Gasteiger partial charge in [-0.15, -0.1) is 0 Å². The summed E-state index contributed by atoms with van der Waals surface area (Å²) >= 11 is 0. The zero-order valence-electron chi connectivity index (χ0n) is 40.8. The number of nitrogens with zero attached hydrogens (tertiary/aromatic N) is 6. The summed E-state index contributed by atoms with van der Waals surface area (Å²) < 4.78 is 0.